The predicted octanol–water partition coefficient (Wildman–Crippen LogP) is 3.10. The van der Waals surface area contributed by atoms with Crippen molar-refractivity contribution in [3.63, 3.8) is 0 Å². The van der Waals surface area contributed by atoms with E-state index >= 15 is 0 Å². The van der Waals surface area contributed by atoms with Gasteiger partial charge in [-0.05, 0) is 24.1 Å². The van der Waals surface area contributed by atoms with Crippen LogP contribution in [0.5, 0.6) is 5.75 Å². The molecule has 0 radical (unpaired) electrons. The molecule has 6 heteroatoms. The second-order valence-corrected chi connectivity index (χ2v) is 5.51. The minimum atomic E-state index is -1.06. The van der Waals surface area contributed by atoms with E-state index in [-0.39, 0.29) is 37.8 Å². The molecule has 5 nitrogen and oxygen atoms in total. The van der Waals surface area contributed by atoms with Crippen molar-refractivity contribution < 1.29 is 23.8 Å². The van der Waals surface area contributed by atoms with Crippen LogP contribution >= 0.6 is 0 Å². The lowest BCUT2D eigenvalue weighted by Gasteiger charge is -2.21. The quantitative estimate of drug-likeness (QED) is 0.709. The minimum absolute atomic E-state index is 0.133. The molecule has 0 aliphatic carbocycles. The fourth-order valence-corrected chi connectivity index (χ4v) is 2.32. The molecule has 2 rings (SSSR count). The van der Waals surface area contributed by atoms with Crippen LogP contribution < -0.4 is 4.74 Å². The molecular formula is C19H20FNO4. The van der Waals surface area contributed by atoms with Crippen molar-refractivity contribution in [2.45, 2.75) is 19.4 Å². The lowest BCUT2D eigenvalue weighted by atomic mass is 10.2. The highest BCUT2D eigenvalue weighted by atomic mass is 19.1. The number of rotatable bonds is 9. The maximum absolute atomic E-state index is 13.4. The van der Waals surface area contributed by atoms with E-state index in [4.69, 9.17) is 9.84 Å². The first-order valence-electron chi connectivity index (χ1n) is 7.97. The Morgan fingerprint density at radius 3 is 2.40 bits per heavy atom. The number of nitrogens with zero attached hydrogens (tertiary/aromatic N) is 1. The predicted molar refractivity (Wildman–Crippen MR) is 90.6 cm³/mol. The standard InChI is InChI=1S/C19H20FNO4/c20-16-9-4-5-10-17(16)25-12-6-11-18(22)21(14-19(23)24)13-15-7-2-1-3-8-15/h1-5,7-10H,6,11-14H2,(H,23,24). The van der Waals surface area contributed by atoms with Crippen LogP contribution in [0.25, 0.3) is 0 Å². The number of carboxylic acids is 1. The summed E-state index contributed by atoms with van der Waals surface area (Å²) < 4.78 is 18.7. The highest BCUT2D eigenvalue weighted by Gasteiger charge is 2.17. The van der Waals surface area contributed by atoms with Crippen molar-refractivity contribution in [2.24, 2.45) is 0 Å². The third-order valence-corrected chi connectivity index (χ3v) is 3.52. The second kappa shape index (κ2) is 9.42. The Hall–Kier alpha value is -2.89. The fourth-order valence-electron chi connectivity index (χ4n) is 2.32. The summed E-state index contributed by atoms with van der Waals surface area (Å²) in [5.41, 5.74) is 0.861. The van der Waals surface area contributed by atoms with E-state index in [0.29, 0.717) is 6.42 Å². The molecule has 0 unspecified atom stereocenters. The number of halogens is 1. The highest BCUT2D eigenvalue weighted by Crippen LogP contribution is 2.16. The average molecular weight is 345 g/mol. The zero-order valence-electron chi connectivity index (χ0n) is 13.7. The number of carbonyl (C=O) groups is 2. The molecule has 1 N–H and O–H groups in total. The Balaban J connectivity index is 1.84. The Morgan fingerprint density at radius 2 is 1.72 bits per heavy atom. The van der Waals surface area contributed by atoms with Crippen LogP contribution in [0.2, 0.25) is 0 Å². The number of carbonyl (C=O) groups excluding carboxylic acids is 1. The van der Waals surface area contributed by atoms with Crippen LogP contribution in [-0.4, -0.2) is 35.0 Å². The normalized spacial score (nSPS) is 10.3. The van der Waals surface area contributed by atoms with Gasteiger partial charge in [0.25, 0.3) is 0 Å². The molecule has 0 fully saturated rings. The summed E-state index contributed by atoms with van der Waals surface area (Å²) >= 11 is 0. The summed E-state index contributed by atoms with van der Waals surface area (Å²) in [4.78, 5) is 24.6. The Bertz CT molecular complexity index is 706. The molecule has 0 aliphatic rings. The van der Waals surface area contributed by atoms with Gasteiger partial charge in [-0.15, -0.1) is 0 Å². The largest absolute Gasteiger partial charge is 0.491 e. The van der Waals surface area contributed by atoms with Crippen molar-refractivity contribution in [3.05, 3.63) is 66.0 Å². The maximum Gasteiger partial charge on any atom is 0.323 e. The van der Waals surface area contributed by atoms with Crippen molar-refractivity contribution in [1.82, 2.24) is 4.90 Å². The molecule has 0 heterocycles. The zero-order chi connectivity index (χ0) is 18.1. The molecule has 0 saturated carbocycles. The molecule has 25 heavy (non-hydrogen) atoms. The van der Waals surface area contributed by atoms with Crippen LogP contribution in [0.4, 0.5) is 4.39 Å². The van der Waals surface area contributed by atoms with Crippen molar-refractivity contribution in [1.29, 1.82) is 0 Å². The first kappa shape index (κ1) is 18.4. The smallest absolute Gasteiger partial charge is 0.323 e. The van der Waals surface area contributed by atoms with Crippen LogP contribution in [0.3, 0.4) is 0 Å². The Morgan fingerprint density at radius 1 is 1.04 bits per heavy atom. The summed E-state index contributed by atoms with van der Waals surface area (Å²) in [5, 5.41) is 9.00. The fraction of sp³-hybridized carbons (Fsp3) is 0.263. The molecule has 0 atom stereocenters. The first-order valence-corrected chi connectivity index (χ1v) is 7.97. The van der Waals surface area contributed by atoms with E-state index in [2.05, 4.69) is 0 Å². The molecule has 2 aromatic carbocycles. The molecule has 0 saturated heterocycles. The lowest BCUT2D eigenvalue weighted by molar-refractivity contribution is -0.145. The van der Waals surface area contributed by atoms with Gasteiger partial charge >= 0.3 is 5.97 Å². The zero-order valence-corrected chi connectivity index (χ0v) is 13.7. The van der Waals surface area contributed by atoms with Gasteiger partial charge in [0, 0.05) is 13.0 Å². The summed E-state index contributed by atoms with van der Waals surface area (Å²) in [6, 6.07) is 15.2. The second-order valence-electron chi connectivity index (χ2n) is 5.51. The van der Waals surface area contributed by atoms with Crippen LogP contribution in [-0.2, 0) is 16.1 Å². The van der Waals surface area contributed by atoms with Gasteiger partial charge in [-0.1, -0.05) is 42.5 Å². The Kier molecular flexibility index (Phi) is 6.95. The molecule has 0 aromatic heterocycles. The number of hydrogen-bond donors (Lipinski definition) is 1. The van der Waals surface area contributed by atoms with Crippen molar-refractivity contribution in [3.8, 4) is 5.75 Å². The summed E-state index contributed by atoms with van der Waals surface area (Å²) in [6.07, 6.45) is 0.507. The number of carboxylic acid groups (broad SMARTS) is 1. The monoisotopic (exact) mass is 345 g/mol. The van der Waals surface area contributed by atoms with Gasteiger partial charge in [0.15, 0.2) is 11.6 Å². The topological polar surface area (TPSA) is 66.8 Å². The van der Waals surface area contributed by atoms with E-state index in [1.165, 1.54) is 17.0 Å². The van der Waals surface area contributed by atoms with E-state index in [9.17, 15) is 14.0 Å². The van der Waals surface area contributed by atoms with Crippen LogP contribution in [0, 0.1) is 5.82 Å². The maximum atomic E-state index is 13.4. The van der Waals surface area contributed by atoms with Gasteiger partial charge in [0.2, 0.25) is 5.91 Å². The summed E-state index contributed by atoms with van der Waals surface area (Å²) in [5.74, 6) is -1.65. The molecule has 0 bridgehead atoms. The summed E-state index contributed by atoms with van der Waals surface area (Å²) in [7, 11) is 0. The van der Waals surface area contributed by atoms with Crippen molar-refractivity contribution in [2.75, 3.05) is 13.2 Å². The SMILES string of the molecule is O=C(O)CN(Cc1ccccc1)C(=O)CCCOc1ccccc1F. The third-order valence-electron chi connectivity index (χ3n) is 3.52. The highest BCUT2D eigenvalue weighted by molar-refractivity contribution is 5.81. The minimum Gasteiger partial charge on any atom is -0.491 e. The molecule has 0 aliphatic heterocycles. The van der Waals surface area contributed by atoms with E-state index in [1.54, 1.807) is 12.1 Å². The number of amides is 1. The van der Waals surface area contributed by atoms with Gasteiger partial charge in [-0.25, -0.2) is 4.39 Å². The van der Waals surface area contributed by atoms with Gasteiger partial charge in [0.05, 0.1) is 6.61 Å². The van der Waals surface area contributed by atoms with Gasteiger partial charge in [-0.2, -0.15) is 0 Å². The van der Waals surface area contributed by atoms with E-state index < -0.39 is 11.8 Å². The van der Waals surface area contributed by atoms with Crippen LogP contribution in [0.1, 0.15) is 18.4 Å². The first-order chi connectivity index (χ1) is 12.1. The molecule has 2 aromatic rings. The lowest BCUT2D eigenvalue weighted by Crippen LogP contribution is -2.35. The number of para-hydroxylation sites is 1. The number of hydrogen-bond acceptors (Lipinski definition) is 3. The van der Waals surface area contributed by atoms with E-state index in [0.717, 1.165) is 5.56 Å². The average Bonchev–Trinajstić information content (AvgIpc) is 2.60. The van der Waals surface area contributed by atoms with Gasteiger partial charge in [-0.3, -0.25) is 9.59 Å². The summed E-state index contributed by atoms with van der Waals surface area (Å²) in [6.45, 7) is 0.0565. The van der Waals surface area contributed by atoms with Gasteiger partial charge in [0.1, 0.15) is 6.54 Å². The Labute approximate surface area is 145 Å². The molecule has 132 valence electrons. The number of aliphatic carboxylic acids is 1. The number of benzene rings is 2. The number of ether oxygens (including phenoxy) is 1. The van der Waals surface area contributed by atoms with Gasteiger partial charge < -0.3 is 14.7 Å². The molecule has 0 spiro atoms. The third kappa shape index (κ3) is 6.25. The molecular weight excluding hydrogens is 325 g/mol. The van der Waals surface area contributed by atoms with Crippen LogP contribution in [0.15, 0.2) is 54.6 Å². The molecule has 1 amide bonds. The van der Waals surface area contributed by atoms with E-state index in [1.807, 2.05) is 30.3 Å². The van der Waals surface area contributed by atoms with Crippen molar-refractivity contribution >= 4 is 11.9 Å².